The first-order valence-electron chi connectivity index (χ1n) is 7.39. The van der Waals surface area contributed by atoms with E-state index in [9.17, 15) is 0 Å². The van der Waals surface area contributed by atoms with Crippen LogP contribution in [0.4, 0.5) is 0 Å². The summed E-state index contributed by atoms with van der Waals surface area (Å²) in [7, 11) is 0. The molecule has 0 saturated heterocycles. The molecule has 2 aromatic heterocycles. The second-order valence-electron chi connectivity index (χ2n) is 5.94. The topological polar surface area (TPSA) is 82.8 Å². The summed E-state index contributed by atoms with van der Waals surface area (Å²) in [6, 6.07) is 7.86. The van der Waals surface area contributed by atoms with Crippen LogP contribution in [0.25, 0.3) is 17.1 Å². The number of hydrogen-bond acceptors (Lipinski definition) is 5. The second-order valence-corrected chi connectivity index (χ2v) is 5.94. The van der Waals surface area contributed by atoms with E-state index >= 15 is 0 Å². The Balaban J connectivity index is 1.61. The van der Waals surface area contributed by atoms with Gasteiger partial charge in [-0.05, 0) is 56.0 Å². The van der Waals surface area contributed by atoms with Gasteiger partial charge in [0.05, 0.1) is 17.4 Å². The van der Waals surface area contributed by atoms with Gasteiger partial charge >= 0.3 is 0 Å². The van der Waals surface area contributed by atoms with Crippen LogP contribution in [0, 0.1) is 6.92 Å². The summed E-state index contributed by atoms with van der Waals surface area (Å²) in [6.07, 6.45) is 6.78. The maximum atomic E-state index is 6.22. The SMILES string of the molecule is Cc1cnn(-c2ccc(-c3nc(C4(N)CCC4)no3)cc2)c1. The molecule has 0 atom stereocenters. The van der Waals surface area contributed by atoms with Gasteiger partial charge in [0, 0.05) is 11.8 Å². The predicted octanol–water partition coefficient (Wildman–Crippen LogP) is 2.57. The van der Waals surface area contributed by atoms with Crippen molar-refractivity contribution in [2.45, 2.75) is 31.7 Å². The van der Waals surface area contributed by atoms with Gasteiger partial charge in [-0.25, -0.2) is 4.68 Å². The number of nitrogens with two attached hydrogens (primary N) is 1. The van der Waals surface area contributed by atoms with Gasteiger partial charge in [-0.3, -0.25) is 0 Å². The maximum absolute atomic E-state index is 6.22. The normalized spacial score (nSPS) is 16.5. The van der Waals surface area contributed by atoms with Crippen LogP contribution in [0.2, 0.25) is 0 Å². The van der Waals surface area contributed by atoms with Crippen molar-refractivity contribution >= 4 is 0 Å². The highest BCUT2D eigenvalue weighted by Crippen LogP contribution is 2.37. The third-order valence-corrected chi connectivity index (χ3v) is 4.21. The number of benzene rings is 1. The molecule has 0 aliphatic heterocycles. The van der Waals surface area contributed by atoms with Crippen molar-refractivity contribution in [2.24, 2.45) is 5.73 Å². The number of hydrogen-bond donors (Lipinski definition) is 1. The lowest BCUT2D eigenvalue weighted by atomic mass is 9.77. The molecule has 1 fully saturated rings. The Morgan fingerprint density at radius 3 is 2.59 bits per heavy atom. The molecule has 0 unspecified atom stereocenters. The molecular weight excluding hydrogens is 278 g/mol. The first-order valence-corrected chi connectivity index (χ1v) is 7.39. The highest BCUT2D eigenvalue weighted by atomic mass is 16.5. The molecule has 1 aromatic carbocycles. The minimum absolute atomic E-state index is 0.395. The fraction of sp³-hybridized carbons (Fsp3) is 0.312. The van der Waals surface area contributed by atoms with E-state index in [4.69, 9.17) is 10.3 Å². The molecule has 1 saturated carbocycles. The summed E-state index contributed by atoms with van der Waals surface area (Å²) in [5.41, 5.74) is 8.83. The smallest absolute Gasteiger partial charge is 0.257 e. The van der Waals surface area contributed by atoms with Gasteiger partial charge < -0.3 is 10.3 Å². The molecule has 1 aliphatic carbocycles. The van der Waals surface area contributed by atoms with Crippen LogP contribution in [-0.4, -0.2) is 19.9 Å². The average molecular weight is 295 g/mol. The van der Waals surface area contributed by atoms with E-state index in [0.717, 1.165) is 36.1 Å². The van der Waals surface area contributed by atoms with E-state index < -0.39 is 5.54 Å². The van der Waals surface area contributed by atoms with Crippen molar-refractivity contribution in [1.29, 1.82) is 0 Å². The van der Waals surface area contributed by atoms with Crippen LogP contribution in [0.5, 0.6) is 0 Å². The monoisotopic (exact) mass is 295 g/mol. The molecule has 2 heterocycles. The lowest BCUT2D eigenvalue weighted by molar-refractivity contribution is 0.229. The minimum Gasteiger partial charge on any atom is -0.334 e. The maximum Gasteiger partial charge on any atom is 0.257 e. The standard InChI is InChI=1S/C16H17N5O/c1-11-9-18-21(10-11)13-5-3-12(4-6-13)14-19-15(20-22-14)16(17)7-2-8-16/h3-6,9-10H,2,7-8,17H2,1H3. The highest BCUT2D eigenvalue weighted by molar-refractivity contribution is 5.55. The van der Waals surface area contributed by atoms with E-state index in [2.05, 4.69) is 15.2 Å². The Bertz CT molecular complexity index is 798. The van der Waals surface area contributed by atoms with E-state index in [0.29, 0.717) is 11.7 Å². The first-order chi connectivity index (χ1) is 10.6. The van der Waals surface area contributed by atoms with Crippen LogP contribution in [-0.2, 0) is 5.54 Å². The number of aromatic nitrogens is 4. The van der Waals surface area contributed by atoms with Crippen LogP contribution >= 0.6 is 0 Å². The summed E-state index contributed by atoms with van der Waals surface area (Å²) < 4.78 is 7.19. The number of rotatable bonds is 3. The minimum atomic E-state index is -0.395. The molecule has 2 N–H and O–H groups in total. The van der Waals surface area contributed by atoms with Gasteiger partial charge in [0.15, 0.2) is 5.82 Å². The van der Waals surface area contributed by atoms with Crippen LogP contribution in [0.15, 0.2) is 41.2 Å². The van der Waals surface area contributed by atoms with E-state index in [1.165, 1.54) is 0 Å². The molecule has 3 aromatic rings. The van der Waals surface area contributed by atoms with Crippen LogP contribution in [0.1, 0.15) is 30.7 Å². The van der Waals surface area contributed by atoms with E-state index in [1.807, 2.05) is 48.3 Å². The third-order valence-electron chi connectivity index (χ3n) is 4.21. The molecule has 0 bridgehead atoms. The highest BCUT2D eigenvalue weighted by Gasteiger charge is 2.39. The van der Waals surface area contributed by atoms with Gasteiger partial charge in [0.1, 0.15) is 0 Å². The Kier molecular flexibility index (Phi) is 2.87. The molecule has 6 nitrogen and oxygen atoms in total. The quantitative estimate of drug-likeness (QED) is 0.803. The zero-order chi connectivity index (χ0) is 15.2. The van der Waals surface area contributed by atoms with Gasteiger partial charge in [0.2, 0.25) is 0 Å². The molecule has 1 aliphatic rings. The molecule has 4 rings (SSSR count). The molecular formula is C16H17N5O. The predicted molar refractivity (Wildman–Crippen MR) is 81.3 cm³/mol. The van der Waals surface area contributed by atoms with Crippen molar-refractivity contribution in [3.63, 3.8) is 0 Å². The second kappa shape index (κ2) is 4.78. The van der Waals surface area contributed by atoms with Crippen molar-refractivity contribution in [3.8, 4) is 17.1 Å². The van der Waals surface area contributed by atoms with Crippen molar-refractivity contribution in [1.82, 2.24) is 19.9 Å². The average Bonchev–Trinajstić information content (AvgIpc) is 3.14. The van der Waals surface area contributed by atoms with E-state index in [-0.39, 0.29) is 0 Å². The lowest BCUT2D eigenvalue weighted by Gasteiger charge is -2.34. The Labute approximate surface area is 127 Å². The van der Waals surface area contributed by atoms with Gasteiger partial charge in [-0.2, -0.15) is 10.1 Å². The fourth-order valence-electron chi connectivity index (χ4n) is 2.64. The van der Waals surface area contributed by atoms with Gasteiger partial charge in [0.25, 0.3) is 5.89 Å². The summed E-state index contributed by atoms with van der Waals surface area (Å²) in [6.45, 7) is 2.01. The molecule has 0 radical (unpaired) electrons. The molecule has 112 valence electrons. The van der Waals surface area contributed by atoms with Crippen molar-refractivity contribution in [2.75, 3.05) is 0 Å². The van der Waals surface area contributed by atoms with Crippen molar-refractivity contribution < 1.29 is 4.52 Å². The lowest BCUT2D eigenvalue weighted by Crippen LogP contribution is -2.44. The Hall–Kier alpha value is -2.47. The largest absolute Gasteiger partial charge is 0.334 e. The molecule has 0 amide bonds. The fourth-order valence-corrected chi connectivity index (χ4v) is 2.64. The third kappa shape index (κ3) is 2.12. The van der Waals surface area contributed by atoms with E-state index in [1.54, 1.807) is 0 Å². The summed E-state index contributed by atoms with van der Waals surface area (Å²) in [5, 5.41) is 8.33. The molecule has 6 heteroatoms. The Morgan fingerprint density at radius 2 is 2.00 bits per heavy atom. The molecule has 22 heavy (non-hydrogen) atoms. The zero-order valence-corrected chi connectivity index (χ0v) is 12.4. The van der Waals surface area contributed by atoms with Crippen LogP contribution in [0.3, 0.4) is 0 Å². The van der Waals surface area contributed by atoms with Gasteiger partial charge in [-0.15, -0.1) is 0 Å². The first kappa shape index (κ1) is 13.2. The van der Waals surface area contributed by atoms with Crippen LogP contribution < -0.4 is 5.73 Å². The number of aryl methyl sites for hydroxylation is 1. The Morgan fingerprint density at radius 1 is 1.23 bits per heavy atom. The summed E-state index contributed by atoms with van der Waals surface area (Å²) >= 11 is 0. The number of nitrogens with zero attached hydrogens (tertiary/aromatic N) is 4. The van der Waals surface area contributed by atoms with Gasteiger partial charge in [-0.1, -0.05) is 5.16 Å². The van der Waals surface area contributed by atoms with Crippen molar-refractivity contribution in [3.05, 3.63) is 48.0 Å². The summed E-state index contributed by atoms with van der Waals surface area (Å²) in [4.78, 5) is 4.46. The summed E-state index contributed by atoms with van der Waals surface area (Å²) in [5.74, 6) is 1.12. The molecule has 0 spiro atoms. The zero-order valence-electron chi connectivity index (χ0n) is 12.4.